The smallest absolute Gasteiger partial charge is 0.271 e. The second-order valence-electron chi connectivity index (χ2n) is 4.42. The molecule has 0 aliphatic heterocycles. The molecule has 0 radical (unpaired) electrons. The van der Waals surface area contributed by atoms with Gasteiger partial charge in [0.2, 0.25) is 0 Å². The number of nitrogens with zero attached hydrogens (tertiary/aromatic N) is 1. The molecule has 0 saturated heterocycles. The van der Waals surface area contributed by atoms with E-state index in [2.05, 4.69) is 10.3 Å². The molecule has 0 aliphatic carbocycles. The van der Waals surface area contributed by atoms with E-state index < -0.39 is 5.91 Å². The zero-order valence-corrected chi connectivity index (χ0v) is 12.9. The van der Waals surface area contributed by atoms with Crippen molar-refractivity contribution in [2.75, 3.05) is 6.61 Å². The van der Waals surface area contributed by atoms with Gasteiger partial charge in [0.25, 0.3) is 5.91 Å². The second kappa shape index (κ2) is 7.29. The highest BCUT2D eigenvalue weighted by molar-refractivity contribution is 6.48. The Bertz CT molecular complexity index is 467. The standard InChI is InChI=1S/C12H15Cl3N2O2/c1-6(2)8(3-4-18)17-12(19)11-10(15)9(14)7(13)5-16-11/h5-6,8,18H,3-4H2,1-2H3,(H,17,19). The molecule has 19 heavy (non-hydrogen) atoms. The third-order valence-electron chi connectivity index (χ3n) is 2.69. The molecule has 0 fully saturated rings. The molecular weight excluding hydrogens is 311 g/mol. The van der Waals surface area contributed by atoms with Gasteiger partial charge in [-0.3, -0.25) is 4.79 Å². The zero-order chi connectivity index (χ0) is 14.6. The summed E-state index contributed by atoms with van der Waals surface area (Å²) in [4.78, 5) is 16.0. The van der Waals surface area contributed by atoms with Crippen molar-refractivity contribution in [3.8, 4) is 0 Å². The molecule has 7 heteroatoms. The fourth-order valence-electron chi connectivity index (χ4n) is 1.55. The molecule has 1 unspecified atom stereocenters. The normalized spacial score (nSPS) is 12.6. The number of pyridine rings is 1. The van der Waals surface area contributed by atoms with Gasteiger partial charge in [0.05, 0.1) is 15.1 Å². The third kappa shape index (κ3) is 4.21. The lowest BCUT2D eigenvalue weighted by Crippen LogP contribution is -2.39. The quantitative estimate of drug-likeness (QED) is 0.874. The summed E-state index contributed by atoms with van der Waals surface area (Å²) in [6.07, 6.45) is 1.74. The maximum atomic E-state index is 12.1. The summed E-state index contributed by atoms with van der Waals surface area (Å²) in [6.45, 7) is 3.89. The average molecular weight is 326 g/mol. The van der Waals surface area contributed by atoms with Crippen LogP contribution in [0.2, 0.25) is 15.1 Å². The van der Waals surface area contributed by atoms with Crippen LogP contribution in [0.15, 0.2) is 6.20 Å². The molecule has 0 aliphatic rings. The molecule has 4 nitrogen and oxygen atoms in total. The predicted octanol–water partition coefficient (Wildman–Crippen LogP) is 3.18. The highest BCUT2D eigenvalue weighted by Gasteiger charge is 2.21. The van der Waals surface area contributed by atoms with Crippen molar-refractivity contribution in [1.82, 2.24) is 10.3 Å². The van der Waals surface area contributed by atoms with E-state index in [9.17, 15) is 4.79 Å². The first kappa shape index (κ1) is 16.5. The Morgan fingerprint density at radius 3 is 2.53 bits per heavy atom. The van der Waals surface area contributed by atoms with Crippen molar-refractivity contribution in [1.29, 1.82) is 0 Å². The van der Waals surface area contributed by atoms with Crippen LogP contribution in [-0.4, -0.2) is 28.6 Å². The monoisotopic (exact) mass is 324 g/mol. The minimum absolute atomic E-state index is 0.00827. The van der Waals surface area contributed by atoms with Crippen LogP contribution in [0.4, 0.5) is 0 Å². The van der Waals surface area contributed by atoms with Crippen molar-refractivity contribution in [2.24, 2.45) is 5.92 Å². The largest absolute Gasteiger partial charge is 0.396 e. The van der Waals surface area contributed by atoms with E-state index in [0.29, 0.717) is 6.42 Å². The number of carbonyl (C=O) groups excluding carboxylic acids is 1. The number of aromatic nitrogens is 1. The van der Waals surface area contributed by atoms with Gasteiger partial charge in [-0.25, -0.2) is 4.98 Å². The molecule has 0 bridgehead atoms. The van der Waals surface area contributed by atoms with E-state index in [1.165, 1.54) is 6.20 Å². The number of nitrogens with one attached hydrogen (secondary N) is 1. The lowest BCUT2D eigenvalue weighted by atomic mass is 10.0. The molecule has 1 aromatic rings. The number of rotatable bonds is 5. The van der Waals surface area contributed by atoms with Crippen LogP contribution in [0.3, 0.4) is 0 Å². The van der Waals surface area contributed by atoms with Crippen LogP contribution >= 0.6 is 34.8 Å². The molecule has 0 spiro atoms. The average Bonchev–Trinajstić information content (AvgIpc) is 2.35. The van der Waals surface area contributed by atoms with Gasteiger partial charge in [-0.05, 0) is 12.3 Å². The minimum Gasteiger partial charge on any atom is -0.396 e. The lowest BCUT2D eigenvalue weighted by Gasteiger charge is -2.21. The Morgan fingerprint density at radius 2 is 2.00 bits per heavy atom. The number of hydrogen-bond acceptors (Lipinski definition) is 3. The fourth-order valence-corrected chi connectivity index (χ4v) is 2.12. The van der Waals surface area contributed by atoms with Crippen LogP contribution in [0.1, 0.15) is 30.8 Å². The van der Waals surface area contributed by atoms with Gasteiger partial charge in [-0.15, -0.1) is 0 Å². The highest BCUT2D eigenvalue weighted by atomic mass is 35.5. The first-order valence-electron chi connectivity index (χ1n) is 5.79. The number of halogens is 3. The van der Waals surface area contributed by atoms with Gasteiger partial charge in [0, 0.05) is 18.8 Å². The molecule has 1 aromatic heterocycles. The van der Waals surface area contributed by atoms with E-state index in [1.54, 1.807) is 0 Å². The molecule has 1 rings (SSSR count). The van der Waals surface area contributed by atoms with Gasteiger partial charge in [0.1, 0.15) is 5.69 Å². The van der Waals surface area contributed by atoms with Gasteiger partial charge in [-0.2, -0.15) is 0 Å². The first-order chi connectivity index (χ1) is 8.88. The van der Waals surface area contributed by atoms with Crippen molar-refractivity contribution in [2.45, 2.75) is 26.3 Å². The van der Waals surface area contributed by atoms with E-state index in [-0.39, 0.29) is 39.3 Å². The summed E-state index contributed by atoms with van der Waals surface area (Å²) >= 11 is 17.6. The van der Waals surface area contributed by atoms with Crippen molar-refractivity contribution >= 4 is 40.7 Å². The molecule has 0 aromatic carbocycles. The Kier molecular flexibility index (Phi) is 6.33. The SMILES string of the molecule is CC(C)C(CCO)NC(=O)c1ncc(Cl)c(Cl)c1Cl. The molecular formula is C12H15Cl3N2O2. The Labute approximate surface area is 127 Å². The number of aliphatic hydroxyl groups excluding tert-OH is 1. The third-order valence-corrected chi connectivity index (χ3v) is 3.93. The molecule has 1 heterocycles. The maximum absolute atomic E-state index is 12.1. The van der Waals surface area contributed by atoms with E-state index in [4.69, 9.17) is 39.9 Å². The van der Waals surface area contributed by atoms with E-state index >= 15 is 0 Å². The maximum Gasteiger partial charge on any atom is 0.271 e. The molecule has 1 amide bonds. The van der Waals surface area contributed by atoms with Crippen molar-refractivity contribution in [3.05, 3.63) is 27.0 Å². The molecule has 2 N–H and O–H groups in total. The van der Waals surface area contributed by atoms with Crippen LogP contribution < -0.4 is 5.32 Å². The Morgan fingerprint density at radius 1 is 1.37 bits per heavy atom. The summed E-state index contributed by atoms with van der Waals surface area (Å²) in [7, 11) is 0. The van der Waals surface area contributed by atoms with Crippen LogP contribution in [-0.2, 0) is 0 Å². The Balaban J connectivity index is 2.92. The molecule has 106 valence electrons. The summed E-state index contributed by atoms with van der Waals surface area (Å²) in [5, 5.41) is 12.1. The second-order valence-corrected chi connectivity index (χ2v) is 5.58. The summed E-state index contributed by atoms with van der Waals surface area (Å²) < 4.78 is 0. The Hall–Kier alpha value is -0.550. The number of amides is 1. The summed E-state index contributed by atoms with van der Waals surface area (Å²) in [5.41, 5.74) is 0.0275. The van der Waals surface area contributed by atoms with Gasteiger partial charge < -0.3 is 10.4 Å². The van der Waals surface area contributed by atoms with Crippen LogP contribution in [0.25, 0.3) is 0 Å². The number of carbonyl (C=O) groups is 1. The summed E-state index contributed by atoms with van der Waals surface area (Å²) in [6, 6.07) is -0.162. The van der Waals surface area contributed by atoms with Gasteiger partial charge in [-0.1, -0.05) is 48.7 Å². The van der Waals surface area contributed by atoms with E-state index in [0.717, 1.165) is 0 Å². The first-order valence-corrected chi connectivity index (χ1v) is 6.93. The fraction of sp³-hybridized carbons (Fsp3) is 0.500. The molecule has 1 atom stereocenters. The molecule has 0 saturated carbocycles. The van der Waals surface area contributed by atoms with E-state index in [1.807, 2.05) is 13.8 Å². The summed E-state index contributed by atoms with van der Waals surface area (Å²) in [5.74, 6) is -0.256. The van der Waals surface area contributed by atoms with Crippen LogP contribution in [0.5, 0.6) is 0 Å². The van der Waals surface area contributed by atoms with Gasteiger partial charge in [0.15, 0.2) is 0 Å². The van der Waals surface area contributed by atoms with Crippen LogP contribution in [0, 0.1) is 5.92 Å². The highest BCUT2D eigenvalue weighted by Crippen LogP contribution is 2.31. The van der Waals surface area contributed by atoms with Gasteiger partial charge >= 0.3 is 0 Å². The number of aliphatic hydroxyl groups is 1. The topological polar surface area (TPSA) is 62.2 Å². The minimum atomic E-state index is -0.435. The number of hydrogen-bond donors (Lipinski definition) is 2. The predicted molar refractivity (Wildman–Crippen MR) is 77.1 cm³/mol. The van der Waals surface area contributed by atoms with Crippen molar-refractivity contribution < 1.29 is 9.90 Å². The lowest BCUT2D eigenvalue weighted by molar-refractivity contribution is 0.0911. The zero-order valence-electron chi connectivity index (χ0n) is 10.6. The van der Waals surface area contributed by atoms with Crippen molar-refractivity contribution in [3.63, 3.8) is 0 Å².